The van der Waals surface area contributed by atoms with Gasteiger partial charge in [-0.15, -0.1) is 0 Å². The lowest BCUT2D eigenvalue weighted by atomic mass is 10.1. The van der Waals surface area contributed by atoms with Crippen molar-refractivity contribution in [3.63, 3.8) is 0 Å². The van der Waals surface area contributed by atoms with Crippen molar-refractivity contribution in [3.8, 4) is 0 Å². The van der Waals surface area contributed by atoms with Gasteiger partial charge in [0.1, 0.15) is 22.3 Å². The van der Waals surface area contributed by atoms with Crippen molar-refractivity contribution in [2.24, 2.45) is 0 Å². The predicted octanol–water partition coefficient (Wildman–Crippen LogP) is 13.4. The second-order valence-electron chi connectivity index (χ2n) is 6.85. The van der Waals surface area contributed by atoms with Gasteiger partial charge in [-0.3, -0.25) is 4.79 Å². The fourth-order valence-corrected chi connectivity index (χ4v) is 3.84. The Kier molecular flexibility index (Phi) is 24.0. The molecule has 0 fully saturated rings. The SMILES string of the molecule is CC.CC.CC.CC.CC.CC.O=c1c2ccccc2oc2ccccc12.S=c1c2ccccc2oc2ccccc12. The molecule has 0 radical (unpaired) electrons. The smallest absolute Gasteiger partial charge is 0.200 e. The maximum absolute atomic E-state index is 12.0. The Balaban J connectivity index is 0. The zero-order chi connectivity index (χ0) is 32.5. The van der Waals surface area contributed by atoms with E-state index >= 15 is 0 Å². The van der Waals surface area contributed by atoms with Crippen molar-refractivity contribution in [1.82, 2.24) is 0 Å². The van der Waals surface area contributed by atoms with Crippen LogP contribution in [0.15, 0.2) is 111 Å². The van der Waals surface area contributed by atoms with E-state index < -0.39 is 0 Å². The minimum atomic E-state index is 0.0347. The zero-order valence-corrected chi connectivity index (χ0v) is 28.7. The van der Waals surface area contributed by atoms with Crippen LogP contribution >= 0.6 is 12.2 Å². The summed E-state index contributed by atoms with van der Waals surface area (Å²) in [6, 6.07) is 30.3. The van der Waals surface area contributed by atoms with Crippen LogP contribution in [0.3, 0.4) is 0 Å². The first-order valence-corrected chi connectivity index (χ1v) is 15.9. The average Bonchev–Trinajstić information content (AvgIpc) is 3.11. The van der Waals surface area contributed by atoms with E-state index in [0.717, 1.165) is 26.4 Å². The van der Waals surface area contributed by atoms with Crippen molar-refractivity contribution in [1.29, 1.82) is 0 Å². The maximum Gasteiger partial charge on any atom is 0.200 e. The van der Waals surface area contributed by atoms with E-state index in [1.807, 2.05) is 168 Å². The summed E-state index contributed by atoms with van der Waals surface area (Å²) in [6.45, 7) is 24.0. The molecule has 0 bridgehead atoms. The molecule has 42 heavy (non-hydrogen) atoms. The fourth-order valence-electron chi connectivity index (χ4n) is 3.50. The molecule has 0 aliphatic heterocycles. The number of hydrogen-bond acceptors (Lipinski definition) is 4. The molecule has 2 heterocycles. The Morgan fingerprint density at radius 3 is 0.881 bits per heavy atom. The highest BCUT2D eigenvalue weighted by Crippen LogP contribution is 2.24. The van der Waals surface area contributed by atoms with Crippen LogP contribution in [0.25, 0.3) is 43.9 Å². The summed E-state index contributed by atoms with van der Waals surface area (Å²) < 4.78 is 12.3. The van der Waals surface area contributed by atoms with Crippen molar-refractivity contribution < 1.29 is 8.83 Å². The highest BCUT2D eigenvalue weighted by molar-refractivity contribution is 7.72. The summed E-state index contributed by atoms with van der Waals surface area (Å²) in [5.74, 6) is 0. The van der Waals surface area contributed by atoms with E-state index in [1.165, 1.54) is 0 Å². The van der Waals surface area contributed by atoms with Gasteiger partial charge >= 0.3 is 0 Å². The lowest BCUT2D eigenvalue weighted by Crippen LogP contribution is -2.01. The third kappa shape index (κ3) is 10.9. The maximum atomic E-state index is 12.0. The number of para-hydroxylation sites is 4. The molecule has 6 rings (SSSR count). The van der Waals surface area contributed by atoms with Gasteiger partial charge in [-0.05, 0) is 48.5 Å². The Bertz CT molecular complexity index is 1410. The monoisotopic (exact) mass is 588 g/mol. The van der Waals surface area contributed by atoms with Crippen LogP contribution in [-0.4, -0.2) is 0 Å². The molecular formula is C38H52O3S. The average molecular weight is 589 g/mol. The van der Waals surface area contributed by atoms with Gasteiger partial charge in [-0.25, -0.2) is 0 Å². The lowest BCUT2D eigenvalue weighted by molar-refractivity contribution is 0.660. The molecule has 0 aliphatic carbocycles. The summed E-state index contributed by atoms with van der Waals surface area (Å²) in [6.07, 6.45) is 0. The second-order valence-corrected chi connectivity index (χ2v) is 7.26. The second kappa shape index (κ2) is 25.0. The molecule has 2 aromatic heterocycles. The molecule has 0 aliphatic rings. The summed E-state index contributed by atoms with van der Waals surface area (Å²) in [5, 5.41) is 3.28. The number of hydrogen-bond donors (Lipinski definition) is 0. The molecule has 0 amide bonds. The van der Waals surface area contributed by atoms with E-state index in [-0.39, 0.29) is 5.43 Å². The van der Waals surface area contributed by atoms with E-state index in [1.54, 1.807) is 12.1 Å². The molecule has 0 N–H and O–H groups in total. The van der Waals surface area contributed by atoms with Crippen LogP contribution in [0, 0.1) is 4.51 Å². The third-order valence-electron chi connectivity index (χ3n) is 4.97. The minimum Gasteiger partial charge on any atom is -0.456 e. The largest absolute Gasteiger partial charge is 0.456 e. The van der Waals surface area contributed by atoms with Gasteiger partial charge in [0.15, 0.2) is 0 Å². The first-order chi connectivity index (χ1) is 20.7. The highest BCUT2D eigenvalue weighted by atomic mass is 32.1. The van der Waals surface area contributed by atoms with E-state index in [4.69, 9.17) is 21.1 Å². The van der Waals surface area contributed by atoms with Crippen molar-refractivity contribution >= 4 is 56.1 Å². The van der Waals surface area contributed by atoms with E-state index in [9.17, 15) is 4.79 Å². The van der Waals surface area contributed by atoms with Crippen LogP contribution in [0.4, 0.5) is 0 Å². The molecule has 0 saturated carbocycles. The van der Waals surface area contributed by atoms with E-state index in [0.29, 0.717) is 21.9 Å². The predicted molar refractivity (Wildman–Crippen MR) is 193 cm³/mol. The van der Waals surface area contributed by atoms with Crippen molar-refractivity contribution in [2.75, 3.05) is 0 Å². The van der Waals surface area contributed by atoms with Crippen LogP contribution < -0.4 is 5.43 Å². The minimum absolute atomic E-state index is 0.0347. The van der Waals surface area contributed by atoms with Gasteiger partial charge in [0.2, 0.25) is 5.43 Å². The quantitative estimate of drug-likeness (QED) is 0.131. The topological polar surface area (TPSA) is 43.4 Å². The standard InChI is InChI=1S/C13H8O2.C13H8OS.6C2H6/c14-13-9-5-1-3-7-11(9)15-12-8-4-2-6-10(12)13;15-13-9-5-1-3-7-11(9)14-12-8-4-2-6-10(12)13;6*1-2/h2*1-8H;6*1-2H3. The molecule has 0 atom stereocenters. The molecule has 4 aromatic carbocycles. The van der Waals surface area contributed by atoms with Gasteiger partial charge < -0.3 is 8.83 Å². The Labute approximate surface area is 259 Å². The number of fused-ring (bicyclic) bond motifs is 4. The Hall–Kier alpha value is -3.76. The van der Waals surface area contributed by atoms with Gasteiger partial charge in [-0.1, -0.05) is 144 Å². The summed E-state index contributed by atoms with van der Waals surface area (Å²) in [7, 11) is 0. The van der Waals surface area contributed by atoms with E-state index in [2.05, 4.69) is 0 Å². The first-order valence-electron chi connectivity index (χ1n) is 15.5. The number of benzene rings is 4. The number of rotatable bonds is 0. The van der Waals surface area contributed by atoms with Gasteiger partial charge in [0.25, 0.3) is 0 Å². The van der Waals surface area contributed by atoms with Gasteiger partial charge in [0.05, 0.1) is 15.3 Å². The molecule has 228 valence electrons. The normalized spacial score (nSPS) is 8.67. The summed E-state index contributed by atoms with van der Waals surface area (Å²) in [5.41, 5.74) is 3.01. The molecule has 0 saturated heterocycles. The molecule has 3 nitrogen and oxygen atoms in total. The lowest BCUT2D eigenvalue weighted by Gasteiger charge is -2.01. The molecular weight excluding hydrogens is 536 g/mol. The van der Waals surface area contributed by atoms with Crippen LogP contribution in [0.2, 0.25) is 0 Å². The molecule has 4 heteroatoms. The van der Waals surface area contributed by atoms with Crippen LogP contribution in [-0.2, 0) is 0 Å². The van der Waals surface area contributed by atoms with Gasteiger partial charge in [0, 0.05) is 10.8 Å². The molecule has 0 unspecified atom stereocenters. The van der Waals surface area contributed by atoms with Crippen molar-refractivity contribution in [3.05, 3.63) is 112 Å². The fraction of sp³-hybridized carbons (Fsp3) is 0.316. The van der Waals surface area contributed by atoms with Gasteiger partial charge in [-0.2, -0.15) is 0 Å². The van der Waals surface area contributed by atoms with Crippen molar-refractivity contribution in [2.45, 2.75) is 83.1 Å². The van der Waals surface area contributed by atoms with Crippen LogP contribution in [0.1, 0.15) is 83.1 Å². The third-order valence-corrected chi connectivity index (χ3v) is 5.41. The summed E-state index contributed by atoms with van der Waals surface area (Å²) in [4.78, 5) is 12.0. The highest BCUT2D eigenvalue weighted by Gasteiger charge is 2.05. The first kappa shape index (κ1) is 40.4. The Morgan fingerprint density at radius 1 is 0.381 bits per heavy atom. The molecule has 6 aromatic rings. The van der Waals surface area contributed by atoms with Crippen LogP contribution in [0.5, 0.6) is 0 Å². The molecule has 0 spiro atoms. The zero-order valence-electron chi connectivity index (χ0n) is 27.9. The Morgan fingerprint density at radius 2 is 0.595 bits per heavy atom. The summed E-state index contributed by atoms with van der Waals surface area (Å²) >= 11 is 5.44.